The first-order valence-electron chi connectivity index (χ1n) is 10.7. The number of rotatable bonds is 7. The summed E-state index contributed by atoms with van der Waals surface area (Å²) in [6.07, 6.45) is -3.39. The number of nitrogens with one attached hydrogen (secondary N) is 2. The maximum absolute atomic E-state index is 13.0. The number of fused-ring (bicyclic) bond motifs is 1. The van der Waals surface area contributed by atoms with Crippen LogP contribution in [0.15, 0.2) is 24.3 Å². The van der Waals surface area contributed by atoms with Gasteiger partial charge >= 0.3 is 12.3 Å². The van der Waals surface area contributed by atoms with Gasteiger partial charge in [-0.25, -0.2) is 4.79 Å². The number of nitrogens with zero attached hydrogens (tertiary/aromatic N) is 1. The first kappa shape index (κ1) is 23.4. The van der Waals surface area contributed by atoms with Crippen LogP contribution >= 0.6 is 0 Å². The van der Waals surface area contributed by atoms with Gasteiger partial charge in [-0.2, -0.15) is 13.2 Å². The van der Waals surface area contributed by atoms with E-state index in [0.29, 0.717) is 31.0 Å². The lowest BCUT2D eigenvalue weighted by Crippen LogP contribution is -2.51. The van der Waals surface area contributed by atoms with Crippen LogP contribution in [0.2, 0.25) is 0 Å². The van der Waals surface area contributed by atoms with E-state index in [9.17, 15) is 22.8 Å². The first-order chi connectivity index (χ1) is 14.5. The third-order valence-corrected chi connectivity index (χ3v) is 6.24. The Bertz CT molecular complexity index is 800. The van der Waals surface area contributed by atoms with Crippen LogP contribution < -0.4 is 10.6 Å². The van der Waals surface area contributed by atoms with E-state index in [2.05, 4.69) is 15.5 Å². The Kier molecular flexibility index (Phi) is 7.13. The second-order valence-corrected chi connectivity index (χ2v) is 9.14. The van der Waals surface area contributed by atoms with Crippen molar-refractivity contribution in [1.29, 1.82) is 0 Å². The maximum atomic E-state index is 13.0. The molecule has 4 atom stereocenters. The van der Waals surface area contributed by atoms with E-state index in [4.69, 9.17) is 5.11 Å². The minimum absolute atomic E-state index is 0.0470. The molecule has 0 aromatic heterocycles. The van der Waals surface area contributed by atoms with Crippen molar-refractivity contribution in [2.75, 3.05) is 13.1 Å². The lowest BCUT2D eigenvalue weighted by molar-refractivity contribution is -0.137. The predicted molar refractivity (Wildman–Crippen MR) is 109 cm³/mol. The van der Waals surface area contributed by atoms with E-state index >= 15 is 0 Å². The Morgan fingerprint density at radius 3 is 2.61 bits per heavy atom. The summed E-state index contributed by atoms with van der Waals surface area (Å²) in [5.74, 6) is 0.456. The number of alkyl halides is 3. The lowest BCUT2D eigenvalue weighted by Gasteiger charge is -2.25. The molecule has 1 aliphatic carbocycles. The first-order valence-corrected chi connectivity index (χ1v) is 10.7. The molecule has 1 saturated carbocycles. The molecule has 9 heteroatoms. The van der Waals surface area contributed by atoms with Crippen LogP contribution in [0.4, 0.5) is 18.0 Å². The number of amides is 2. The molecule has 1 saturated heterocycles. The summed E-state index contributed by atoms with van der Waals surface area (Å²) in [5.41, 5.74) is -0.0188. The molecule has 172 valence electrons. The van der Waals surface area contributed by atoms with Crippen LogP contribution in [0.3, 0.4) is 0 Å². The summed E-state index contributed by atoms with van der Waals surface area (Å²) in [7, 11) is 0. The summed E-state index contributed by atoms with van der Waals surface area (Å²) in [6.45, 7) is 5.79. The molecule has 1 aliphatic heterocycles. The smallest absolute Gasteiger partial charge is 0.416 e. The number of hydrogen-bond acceptors (Lipinski definition) is 3. The SMILES string of the molecule is CC(C)CC(NC(=O)O)C(=O)NC1CCC2CN(Cc3cccc(C(F)(F)F)c3)CC21. The van der Waals surface area contributed by atoms with Crippen LogP contribution in [-0.2, 0) is 17.5 Å². The van der Waals surface area contributed by atoms with Crippen LogP contribution in [0.25, 0.3) is 0 Å². The largest absolute Gasteiger partial charge is 0.465 e. The van der Waals surface area contributed by atoms with Gasteiger partial charge in [0.15, 0.2) is 0 Å². The van der Waals surface area contributed by atoms with Gasteiger partial charge in [0, 0.05) is 25.7 Å². The van der Waals surface area contributed by atoms with Gasteiger partial charge in [0.2, 0.25) is 5.91 Å². The predicted octanol–water partition coefficient (Wildman–Crippen LogP) is 3.71. The Hall–Kier alpha value is -2.29. The van der Waals surface area contributed by atoms with Crippen molar-refractivity contribution in [3.8, 4) is 0 Å². The zero-order chi connectivity index (χ0) is 22.8. The summed E-state index contributed by atoms with van der Waals surface area (Å²) in [5, 5.41) is 14.4. The number of benzene rings is 1. The van der Waals surface area contributed by atoms with Gasteiger partial charge in [-0.05, 0) is 48.6 Å². The molecule has 3 rings (SSSR count). The quantitative estimate of drug-likeness (QED) is 0.603. The summed E-state index contributed by atoms with van der Waals surface area (Å²) in [4.78, 5) is 25.9. The number of carbonyl (C=O) groups is 2. The van der Waals surface area contributed by atoms with Crippen LogP contribution in [-0.4, -0.2) is 47.2 Å². The van der Waals surface area contributed by atoms with Gasteiger partial charge in [-0.15, -0.1) is 0 Å². The lowest BCUT2D eigenvalue weighted by atomic mass is 9.97. The van der Waals surface area contributed by atoms with Crippen molar-refractivity contribution in [2.24, 2.45) is 17.8 Å². The third kappa shape index (κ3) is 6.12. The van der Waals surface area contributed by atoms with E-state index in [1.54, 1.807) is 6.07 Å². The normalized spacial score (nSPS) is 24.8. The van der Waals surface area contributed by atoms with Gasteiger partial charge in [0.05, 0.1) is 5.56 Å². The second kappa shape index (κ2) is 9.46. The molecule has 1 heterocycles. The summed E-state index contributed by atoms with van der Waals surface area (Å²) < 4.78 is 38.9. The van der Waals surface area contributed by atoms with Crippen molar-refractivity contribution >= 4 is 12.0 Å². The molecule has 1 aromatic rings. The van der Waals surface area contributed by atoms with Crippen LogP contribution in [0, 0.1) is 17.8 Å². The number of carbonyl (C=O) groups excluding carboxylic acids is 1. The maximum Gasteiger partial charge on any atom is 0.416 e. The molecule has 0 radical (unpaired) electrons. The minimum atomic E-state index is -4.36. The van der Waals surface area contributed by atoms with Gasteiger partial charge < -0.3 is 15.7 Å². The molecule has 0 bridgehead atoms. The fourth-order valence-corrected chi connectivity index (χ4v) is 4.91. The topological polar surface area (TPSA) is 81.7 Å². The van der Waals surface area contributed by atoms with E-state index in [0.717, 1.165) is 25.5 Å². The third-order valence-electron chi connectivity index (χ3n) is 6.24. The molecule has 4 unspecified atom stereocenters. The molecular weight excluding hydrogens is 411 g/mol. The van der Waals surface area contributed by atoms with Gasteiger partial charge in [-0.3, -0.25) is 9.69 Å². The van der Waals surface area contributed by atoms with Gasteiger partial charge in [0.1, 0.15) is 6.04 Å². The second-order valence-electron chi connectivity index (χ2n) is 9.14. The minimum Gasteiger partial charge on any atom is -0.465 e. The standard InChI is InChI=1S/C22H30F3N3O3/c1-13(2)8-19(27-21(30)31)20(29)26-18-7-6-15-11-28(12-17(15)18)10-14-4-3-5-16(9-14)22(23,24)25/h3-5,9,13,15,17-19,27H,6-8,10-12H2,1-2H3,(H,26,29)(H,30,31). The van der Waals surface area contributed by atoms with Crippen LogP contribution in [0.5, 0.6) is 0 Å². The number of hydrogen-bond donors (Lipinski definition) is 3. The molecule has 6 nitrogen and oxygen atoms in total. The van der Waals surface area contributed by atoms with Crippen molar-refractivity contribution in [3.63, 3.8) is 0 Å². The zero-order valence-corrected chi connectivity index (χ0v) is 17.8. The van der Waals surface area contributed by atoms with E-state index < -0.39 is 23.9 Å². The van der Waals surface area contributed by atoms with Gasteiger partial charge in [0.25, 0.3) is 0 Å². The van der Waals surface area contributed by atoms with Crippen LogP contribution in [0.1, 0.15) is 44.2 Å². The monoisotopic (exact) mass is 441 g/mol. The van der Waals surface area contributed by atoms with Gasteiger partial charge in [-0.1, -0.05) is 32.0 Å². The fourth-order valence-electron chi connectivity index (χ4n) is 4.91. The number of halogens is 3. The van der Waals surface area contributed by atoms with E-state index in [-0.39, 0.29) is 23.8 Å². The van der Waals surface area contributed by atoms with E-state index in [1.165, 1.54) is 12.1 Å². The van der Waals surface area contributed by atoms with Crippen molar-refractivity contribution < 1.29 is 27.9 Å². The average molecular weight is 441 g/mol. The zero-order valence-electron chi connectivity index (χ0n) is 17.8. The Morgan fingerprint density at radius 1 is 1.23 bits per heavy atom. The Balaban J connectivity index is 1.59. The highest BCUT2D eigenvalue weighted by molar-refractivity contribution is 5.85. The molecular formula is C22H30F3N3O3. The Morgan fingerprint density at radius 2 is 1.97 bits per heavy atom. The average Bonchev–Trinajstić information content (AvgIpc) is 3.21. The molecule has 2 fully saturated rings. The summed E-state index contributed by atoms with van der Waals surface area (Å²) >= 11 is 0. The highest BCUT2D eigenvalue weighted by Crippen LogP contribution is 2.39. The highest BCUT2D eigenvalue weighted by Gasteiger charge is 2.43. The number of likely N-dealkylation sites (tertiary alicyclic amines) is 1. The molecule has 1 aromatic carbocycles. The Labute approximate surface area is 180 Å². The highest BCUT2D eigenvalue weighted by atomic mass is 19.4. The van der Waals surface area contributed by atoms with E-state index in [1.807, 2.05) is 13.8 Å². The molecule has 2 aliphatic rings. The van der Waals surface area contributed by atoms with Crippen molar-refractivity contribution in [1.82, 2.24) is 15.5 Å². The summed E-state index contributed by atoms with van der Waals surface area (Å²) in [6, 6.07) is 4.57. The number of carboxylic acid groups (broad SMARTS) is 1. The fraction of sp³-hybridized carbons (Fsp3) is 0.636. The van der Waals surface area contributed by atoms with Crippen molar-refractivity contribution in [3.05, 3.63) is 35.4 Å². The molecule has 0 spiro atoms. The molecule has 3 N–H and O–H groups in total. The molecule has 2 amide bonds. The van der Waals surface area contributed by atoms with Crippen molar-refractivity contribution in [2.45, 2.75) is 57.9 Å². The molecule has 31 heavy (non-hydrogen) atoms.